The summed E-state index contributed by atoms with van der Waals surface area (Å²) >= 11 is 0. The number of furan rings is 1. The first-order valence-corrected chi connectivity index (χ1v) is 8.57. The molecule has 0 unspecified atom stereocenters. The lowest BCUT2D eigenvalue weighted by Crippen LogP contribution is -1.98. The first kappa shape index (κ1) is 15.0. The second-order valence-electron chi connectivity index (χ2n) is 6.69. The molecule has 3 aromatic carbocycles. The zero-order chi connectivity index (χ0) is 17.8. The molecule has 0 saturated heterocycles. The van der Waals surface area contributed by atoms with Crippen molar-refractivity contribution in [2.45, 2.75) is 13.8 Å². The Morgan fingerprint density at radius 3 is 2.46 bits per heavy atom. The fourth-order valence-corrected chi connectivity index (χ4v) is 3.71. The van der Waals surface area contributed by atoms with Gasteiger partial charge in [-0.15, -0.1) is 0 Å². The van der Waals surface area contributed by atoms with Crippen LogP contribution >= 0.6 is 0 Å². The summed E-state index contributed by atoms with van der Waals surface area (Å²) in [6, 6.07) is 19.6. The molecule has 26 heavy (non-hydrogen) atoms. The van der Waals surface area contributed by atoms with Gasteiger partial charge in [-0.3, -0.25) is 0 Å². The van der Waals surface area contributed by atoms with Crippen LogP contribution in [0.2, 0.25) is 0 Å². The SMILES string of the molecule is Cc1ccc2oc(-c3cc(=O)oc4ccc5ccccc5c34)c(C)c2c1. The fourth-order valence-electron chi connectivity index (χ4n) is 3.71. The van der Waals surface area contributed by atoms with Gasteiger partial charge in [-0.2, -0.15) is 0 Å². The molecule has 0 saturated carbocycles. The van der Waals surface area contributed by atoms with Gasteiger partial charge in [0.1, 0.15) is 16.9 Å². The van der Waals surface area contributed by atoms with Gasteiger partial charge >= 0.3 is 5.63 Å². The van der Waals surface area contributed by atoms with Crippen molar-refractivity contribution in [3.63, 3.8) is 0 Å². The van der Waals surface area contributed by atoms with Gasteiger partial charge in [-0.1, -0.05) is 42.0 Å². The van der Waals surface area contributed by atoms with Gasteiger partial charge < -0.3 is 8.83 Å². The summed E-state index contributed by atoms with van der Waals surface area (Å²) in [5, 5.41) is 4.11. The molecule has 0 bridgehead atoms. The molecule has 126 valence electrons. The lowest BCUT2D eigenvalue weighted by atomic mass is 9.98. The Kier molecular flexibility index (Phi) is 3.07. The predicted octanol–water partition coefficient (Wildman–Crippen LogP) is 5.98. The molecule has 5 rings (SSSR count). The molecule has 2 aromatic heterocycles. The molecule has 0 aliphatic carbocycles. The van der Waals surface area contributed by atoms with E-state index < -0.39 is 0 Å². The van der Waals surface area contributed by atoms with E-state index in [1.165, 1.54) is 11.6 Å². The minimum absolute atomic E-state index is 0.376. The van der Waals surface area contributed by atoms with Crippen molar-refractivity contribution >= 4 is 32.7 Å². The standard InChI is InChI=1S/C23H16O3/c1-13-7-9-19-17(11-13)14(2)23(26-19)18-12-21(24)25-20-10-8-15-5-3-4-6-16(15)22(18)20/h3-12H,1-2H3. The summed E-state index contributed by atoms with van der Waals surface area (Å²) in [4.78, 5) is 12.2. The second kappa shape index (κ2) is 5.33. The number of rotatable bonds is 1. The number of aryl methyl sites for hydroxylation is 2. The molecule has 0 aliphatic heterocycles. The van der Waals surface area contributed by atoms with Crippen molar-refractivity contribution in [2.75, 3.05) is 0 Å². The van der Waals surface area contributed by atoms with Crippen molar-refractivity contribution in [3.05, 3.63) is 82.2 Å². The van der Waals surface area contributed by atoms with Crippen LogP contribution in [0.1, 0.15) is 11.1 Å². The summed E-state index contributed by atoms with van der Waals surface area (Å²) in [7, 11) is 0. The molecule has 5 aromatic rings. The van der Waals surface area contributed by atoms with Crippen LogP contribution in [0.5, 0.6) is 0 Å². The topological polar surface area (TPSA) is 43.4 Å². The van der Waals surface area contributed by atoms with Crippen LogP contribution in [-0.4, -0.2) is 0 Å². The number of hydrogen-bond acceptors (Lipinski definition) is 3. The zero-order valence-electron chi connectivity index (χ0n) is 14.5. The molecule has 0 aliphatic rings. The van der Waals surface area contributed by atoms with Gasteiger partial charge in [-0.25, -0.2) is 4.79 Å². The maximum Gasteiger partial charge on any atom is 0.336 e. The van der Waals surface area contributed by atoms with Crippen molar-refractivity contribution < 1.29 is 8.83 Å². The number of hydrogen-bond donors (Lipinski definition) is 0. The summed E-state index contributed by atoms with van der Waals surface area (Å²) in [6.07, 6.45) is 0. The first-order chi connectivity index (χ1) is 12.6. The van der Waals surface area contributed by atoms with E-state index in [1.54, 1.807) is 0 Å². The molecule has 0 amide bonds. The Bertz CT molecular complexity index is 1370. The van der Waals surface area contributed by atoms with Crippen LogP contribution in [-0.2, 0) is 0 Å². The van der Waals surface area contributed by atoms with Crippen LogP contribution in [0.3, 0.4) is 0 Å². The van der Waals surface area contributed by atoms with Crippen molar-refractivity contribution in [1.82, 2.24) is 0 Å². The minimum Gasteiger partial charge on any atom is -0.456 e. The quantitative estimate of drug-likeness (QED) is 0.279. The average molecular weight is 340 g/mol. The fraction of sp³-hybridized carbons (Fsp3) is 0.0870. The van der Waals surface area contributed by atoms with E-state index in [0.717, 1.165) is 44.0 Å². The Labute approximate surface area is 149 Å². The van der Waals surface area contributed by atoms with Gasteiger partial charge in [0.15, 0.2) is 0 Å². The Hall–Kier alpha value is -3.33. The first-order valence-electron chi connectivity index (χ1n) is 8.57. The summed E-state index contributed by atoms with van der Waals surface area (Å²) in [6.45, 7) is 4.10. The Morgan fingerprint density at radius 1 is 0.769 bits per heavy atom. The Balaban J connectivity index is 1.97. The largest absolute Gasteiger partial charge is 0.456 e. The van der Waals surface area contributed by atoms with Crippen molar-refractivity contribution in [1.29, 1.82) is 0 Å². The number of benzene rings is 3. The third-order valence-electron chi connectivity index (χ3n) is 4.97. The minimum atomic E-state index is -0.376. The van der Waals surface area contributed by atoms with E-state index in [4.69, 9.17) is 8.83 Å². The molecule has 0 radical (unpaired) electrons. The summed E-state index contributed by atoms with van der Waals surface area (Å²) in [5.41, 5.74) is 4.00. The smallest absolute Gasteiger partial charge is 0.336 e. The second-order valence-corrected chi connectivity index (χ2v) is 6.69. The van der Waals surface area contributed by atoms with E-state index in [0.29, 0.717) is 5.58 Å². The van der Waals surface area contributed by atoms with Gasteiger partial charge in [0, 0.05) is 28.0 Å². The maximum atomic E-state index is 12.2. The highest BCUT2D eigenvalue weighted by molar-refractivity contribution is 6.12. The van der Waals surface area contributed by atoms with Gasteiger partial charge in [-0.05, 0) is 42.8 Å². The third kappa shape index (κ3) is 2.10. The zero-order valence-corrected chi connectivity index (χ0v) is 14.5. The number of fused-ring (bicyclic) bond motifs is 4. The monoisotopic (exact) mass is 340 g/mol. The van der Waals surface area contributed by atoms with E-state index in [2.05, 4.69) is 19.1 Å². The van der Waals surface area contributed by atoms with E-state index in [1.807, 2.05) is 49.4 Å². The van der Waals surface area contributed by atoms with Crippen LogP contribution in [0, 0.1) is 13.8 Å². The van der Waals surface area contributed by atoms with Gasteiger partial charge in [0.25, 0.3) is 0 Å². The van der Waals surface area contributed by atoms with Crippen LogP contribution < -0.4 is 5.63 Å². The normalized spacial score (nSPS) is 11.6. The molecular formula is C23H16O3. The molecule has 0 fully saturated rings. The van der Waals surface area contributed by atoms with Gasteiger partial charge in [0.2, 0.25) is 0 Å². The van der Waals surface area contributed by atoms with Crippen molar-refractivity contribution in [2.24, 2.45) is 0 Å². The lowest BCUT2D eigenvalue weighted by Gasteiger charge is -2.07. The maximum absolute atomic E-state index is 12.2. The lowest BCUT2D eigenvalue weighted by molar-refractivity contribution is 0.560. The molecular weight excluding hydrogens is 324 g/mol. The van der Waals surface area contributed by atoms with Crippen molar-refractivity contribution in [3.8, 4) is 11.3 Å². The van der Waals surface area contributed by atoms with E-state index in [-0.39, 0.29) is 5.63 Å². The highest BCUT2D eigenvalue weighted by atomic mass is 16.4. The summed E-state index contributed by atoms with van der Waals surface area (Å²) < 4.78 is 11.6. The molecule has 0 spiro atoms. The highest BCUT2D eigenvalue weighted by Crippen LogP contribution is 2.38. The molecule has 0 atom stereocenters. The van der Waals surface area contributed by atoms with Crippen LogP contribution in [0.25, 0.3) is 44.0 Å². The van der Waals surface area contributed by atoms with E-state index >= 15 is 0 Å². The Morgan fingerprint density at radius 2 is 1.58 bits per heavy atom. The van der Waals surface area contributed by atoms with Crippen LogP contribution in [0.4, 0.5) is 0 Å². The predicted molar refractivity (Wildman–Crippen MR) is 105 cm³/mol. The highest BCUT2D eigenvalue weighted by Gasteiger charge is 2.18. The third-order valence-corrected chi connectivity index (χ3v) is 4.97. The van der Waals surface area contributed by atoms with Gasteiger partial charge in [0.05, 0.1) is 0 Å². The summed E-state index contributed by atoms with van der Waals surface area (Å²) in [5.74, 6) is 0.722. The molecule has 3 heteroatoms. The molecule has 2 heterocycles. The molecule has 3 nitrogen and oxygen atoms in total. The van der Waals surface area contributed by atoms with E-state index in [9.17, 15) is 4.79 Å². The molecule has 0 N–H and O–H groups in total. The van der Waals surface area contributed by atoms with Crippen LogP contribution in [0.15, 0.2) is 74.3 Å². The average Bonchev–Trinajstić information content (AvgIpc) is 2.97.